The first-order chi connectivity index (χ1) is 18.4. The molecule has 3 rings (SSSR count). The van der Waals surface area contributed by atoms with Crippen molar-refractivity contribution in [3.63, 3.8) is 0 Å². The summed E-state index contributed by atoms with van der Waals surface area (Å²) >= 11 is 0. The van der Waals surface area contributed by atoms with Gasteiger partial charge in [0.05, 0.1) is 0 Å². The SMILES string of the molecule is Cc1ccc([C@H]2CCN(C(=O)[C@H](NC(=O)c3cccc(C(=O)NS(=O)(=O)C(F)(F)F)c3)C(C)C)CC2(C)C)cc1. The molecule has 1 aliphatic rings. The highest BCUT2D eigenvalue weighted by Crippen LogP contribution is 2.42. The van der Waals surface area contributed by atoms with Gasteiger partial charge in [0, 0.05) is 24.2 Å². The Morgan fingerprint density at radius 2 is 1.57 bits per heavy atom. The maximum atomic E-state index is 13.6. The van der Waals surface area contributed by atoms with Crippen molar-refractivity contribution in [1.29, 1.82) is 0 Å². The van der Waals surface area contributed by atoms with Crippen LogP contribution in [0.1, 0.15) is 71.9 Å². The summed E-state index contributed by atoms with van der Waals surface area (Å²) in [6.07, 6.45) is 0.749. The minimum absolute atomic E-state index is 0.117. The average Bonchev–Trinajstić information content (AvgIpc) is 2.85. The first-order valence-corrected chi connectivity index (χ1v) is 14.3. The van der Waals surface area contributed by atoms with Crippen LogP contribution in [0.25, 0.3) is 0 Å². The number of nitrogens with one attached hydrogen (secondary N) is 2. The highest BCUT2D eigenvalue weighted by Gasteiger charge is 2.47. The van der Waals surface area contributed by atoms with Gasteiger partial charge in [0.1, 0.15) is 6.04 Å². The van der Waals surface area contributed by atoms with Crippen LogP contribution in [0.3, 0.4) is 0 Å². The zero-order chi connectivity index (χ0) is 30.0. The lowest BCUT2D eigenvalue weighted by atomic mass is 9.70. The number of amides is 3. The van der Waals surface area contributed by atoms with E-state index in [2.05, 4.69) is 43.4 Å². The number of carbonyl (C=O) groups excluding carboxylic acids is 3. The lowest BCUT2D eigenvalue weighted by Crippen LogP contribution is -2.55. The number of benzene rings is 2. The number of piperidine rings is 1. The summed E-state index contributed by atoms with van der Waals surface area (Å²) in [7, 11) is -5.92. The van der Waals surface area contributed by atoms with Crippen molar-refractivity contribution < 1.29 is 36.0 Å². The fourth-order valence-electron chi connectivity index (χ4n) is 4.94. The number of likely N-dealkylation sites (tertiary alicyclic amines) is 1. The summed E-state index contributed by atoms with van der Waals surface area (Å²) in [5, 5.41) is 2.68. The van der Waals surface area contributed by atoms with Crippen LogP contribution < -0.4 is 10.0 Å². The molecule has 12 heteroatoms. The fourth-order valence-corrected chi connectivity index (χ4v) is 5.41. The van der Waals surface area contributed by atoms with Gasteiger partial charge in [-0.2, -0.15) is 21.6 Å². The Hall–Kier alpha value is -3.41. The second-order valence-corrected chi connectivity index (χ2v) is 12.8. The van der Waals surface area contributed by atoms with E-state index in [0.717, 1.165) is 23.3 Å². The molecule has 0 bridgehead atoms. The Balaban J connectivity index is 1.73. The fraction of sp³-hybridized carbons (Fsp3) is 0.464. The topological polar surface area (TPSA) is 113 Å². The van der Waals surface area contributed by atoms with E-state index in [1.807, 2.05) is 6.92 Å². The summed E-state index contributed by atoms with van der Waals surface area (Å²) in [5.41, 5.74) is -4.11. The summed E-state index contributed by atoms with van der Waals surface area (Å²) in [6, 6.07) is 12.0. The first-order valence-electron chi connectivity index (χ1n) is 12.8. The molecule has 1 fully saturated rings. The van der Waals surface area contributed by atoms with Gasteiger partial charge in [0.2, 0.25) is 5.91 Å². The molecular formula is C28H34F3N3O5S. The maximum Gasteiger partial charge on any atom is 0.516 e. The molecule has 0 saturated carbocycles. The van der Waals surface area contributed by atoms with Crippen molar-refractivity contribution in [3.8, 4) is 0 Å². The molecule has 3 amide bonds. The quantitative estimate of drug-likeness (QED) is 0.504. The number of halogens is 3. The van der Waals surface area contributed by atoms with Gasteiger partial charge in [-0.25, -0.2) is 4.72 Å². The Kier molecular flexibility index (Phi) is 9.02. The number of hydrogen-bond donors (Lipinski definition) is 2. The van der Waals surface area contributed by atoms with Gasteiger partial charge >= 0.3 is 15.5 Å². The van der Waals surface area contributed by atoms with Gasteiger partial charge in [0.25, 0.3) is 11.8 Å². The zero-order valence-electron chi connectivity index (χ0n) is 23.0. The van der Waals surface area contributed by atoms with Crippen LogP contribution in [0.5, 0.6) is 0 Å². The second-order valence-electron chi connectivity index (χ2n) is 11.2. The molecule has 1 saturated heterocycles. The van der Waals surface area contributed by atoms with E-state index in [1.165, 1.54) is 23.3 Å². The van der Waals surface area contributed by atoms with E-state index < -0.39 is 39.0 Å². The third-order valence-corrected chi connectivity index (χ3v) is 8.22. The van der Waals surface area contributed by atoms with E-state index in [-0.39, 0.29) is 28.7 Å². The predicted molar refractivity (Wildman–Crippen MR) is 144 cm³/mol. The molecule has 40 heavy (non-hydrogen) atoms. The van der Waals surface area contributed by atoms with Gasteiger partial charge in [-0.05, 0) is 54.4 Å². The summed E-state index contributed by atoms with van der Waals surface area (Å²) in [6.45, 7) is 10.8. The summed E-state index contributed by atoms with van der Waals surface area (Å²) < 4.78 is 61.4. The van der Waals surface area contributed by atoms with Gasteiger partial charge in [-0.3, -0.25) is 14.4 Å². The maximum absolute atomic E-state index is 13.6. The molecule has 0 aromatic heterocycles. The first kappa shape index (κ1) is 31.1. The van der Waals surface area contributed by atoms with E-state index in [9.17, 15) is 36.0 Å². The molecule has 2 N–H and O–H groups in total. The standard InChI is InChI=1S/C28H34F3N3O5S/c1-17(2)23(26(37)34-14-13-22(27(4,5)16-34)19-11-9-18(3)10-12-19)32-24(35)20-7-6-8-21(15-20)25(36)33-40(38,39)28(29,30)31/h6-12,15,17,22-23H,13-14,16H2,1-5H3,(H,32,35)(H,33,36)/t22-,23-/m1/s1. The number of carbonyl (C=O) groups is 3. The van der Waals surface area contributed by atoms with E-state index >= 15 is 0 Å². The molecule has 0 radical (unpaired) electrons. The Labute approximate surface area is 232 Å². The van der Waals surface area contributed by atoms with Crippen molar-refractivity contribution in [2.45, 2.75) is 58.5 Å². The van der Waals surface area contributed by atoms with Crippen LogP contribution in [-0.4, -0.2) is 55.7 Å². The van der Waals surface area contributed by atoms with Crippen molar-refractivity contribution in [3.05, 3.63) is 70.8 Å². The van der Waals surface area contributed by atoms with Crippen LogP contribution in [0.4, 0.5) is 13.2 Å². The molecule has 8 nitrogen and oxygen atoms in total. The highest BCUT2D eigenvalue weighted by molar-refractivity contribution is 7.90. The minimum Gasteiger partial charge on any atom is -0.340 e. The number of alkyl halides is 3. The lowest BCUT2D eigenvalue weighted by Gasteiger charge is -2.45. The molecule has 1 heterocycles. The van der Waals surface area contributed by atoms with Gasteiger partial charge in [-0.1, -0.05) is 63.6 Å². The van der Waals surface area contributed by atoms with Gasteiger partial charge in [-0.15, -0.1) is 0 Å². The molecule has 0 unspecified atom stereocenters. The lowest BCUT2D eigenvalue weighted by molar-refractivity contribution is -0.137. The van der Waals surface area contributed by atoms with Crippen molar-refractivity contribution in [1.82, 2.24) is 14.9 Å². The molecule has 2 aromatic carbocycles. The third-order valence-electron chi connectivity index (χ3n) is 7.16. The molecule has 0 spiro atoms. The minimum atomic E-state index is -5.92. The van der Waals surface area contributed by atoms with Crippen LogP contribution in [-0.2, 0) is 14.8 Å². The number of sulfonamides is 1. The van der Waals surface area contributed by atoms with Crippen molar-refractivity contribution in [2.75, 3.05) is 13.1 Å². The molecule has 0 aliphatic carbocycles. The largest absolute Gasteiger partial charge is 0.516 e. The average molecular weight is 582 g/mol. The third kappa shape index (κ3) is 7.01. The molecule has 218 valence electrons. The molecule has 2 aromatic rings. The van der Waals surface area contributed by atoms with Crippen LogP contribution in [0.15, 0.2) is 48.5 Å². The zero-order valence-corrected chi connectivity index (χ0v) is 23.8. The monoisotopic (exact) mass is 581 g/mol. The summed E-state index contributed by atoms with van der Waals surface area (Å²) in [5.74, 6) is -2.57. The Morgan fingerprint density at radius 3 is 2.10 bits per heavy atom. The van der Waals surface area contributed by atoms with Crippen LogP contribution in [0, 0.1) is 18.3 Å². The number of rotatable bonds is 7. The predicted octanol–water partition coefficient (Wildman–Crippen LogP) is 4.37. The summed E-state index contributed by atoms with van der Waals surface area (Å²) in [4.78, 5) is 40.5. The molecule has 1 aliphatic heterocycles. The molecular weight excluding hydrogens is 547 g/mol. The smallest absolute Gasteiger partial charge is 0.340 e. The van der Waals surface area contributed by atoms with E-state index in [4.69, 9.17) is 0 Å². The Morgan fingerprint density at radius 1 is 1.00 bits per heavy atom. The Bertz CT molecular complexity index is 1370. The van der Waals surface area contributed by atoms with Crippen molar-refractivity contribution in [2.24, 2.45) is 11.3 Å². The van der Waals surface area contributed by atoms with Crippen molar-refractivity contribution >= 4 is 27.7 Å². The molecule has 2 atom stereocenters. The van der Waals surface area contributed by atoms with Gasteiger partial charge in [0.15, 0.2) is 0 Å². The highest BCUT2D eigenvalue weighted by atomic mass is 32.2. The van der Waals surface area contributed by atoms with Crippen LogP contribution in [0.2, 0.25) is 0 Å². The number of nitrogens with zero attached hydrogens (tertiary/aromatic N) is 1. The van der Waals surface area contributed by atoms with E-state index in [0.29, 0.717) is 13.1 Å². The van der Waals surface area contributed by atoms with Crippen LogP contribution >= 0.6 is 0 Å². The second kappa shape index (κ2) is 11.6. The normalized spacial score (nSPS) is 18.2. The van der Waals surface area contributed by atoms with Gasteiger partial charge < -0.3 is 10.2 Å². The van der Waals surface area contributed by atoms with E-state index in [1.54, 1.807) is 18.7 Å². The number of hydrogen-bond acceptors (Lipinski definition) is 5. The number of aryl methyl sites for hydroxylation is 1.